The van der Waals surface area contributed by atoms with E-state index in [-0.39, 0.29) is 17.0 Å². The number of rotatable bonds is 3. The van der Waals surface area contributed by atoms with Crippen molar-refractivity contribution in [2.24, 2.45) is 7.05 Å². The number of hydrogen-bond donors (Lipinski definition) is 1. The van der Waals surface area contributed by atoms with Crippen LogP contribution >= 0.6 is 0 Å². The highest BCUT2D eigenvalue weighted by Crippen LogP contribution is 2.19. The molecule has 0 aliphatic carbocycles. The first kappa shape index (κ1) is 16.3. The number of amides is 1. The van der Waals surface area contributed by atoms with Crippen molar-refractivity contribution >= 4 is 17.3 Å². The van der Waals surface area contributed by atoms with Gasteiger partial charge < -0.3 is 19.7 Å². The fourth-order valence-corrected chi connectivity index (χ4v) is 2.79. The molecule has 6 nitrogen and oxygen atoms in total. The average molecular weight is 326 g/mol. The van der Waals surface area contributed by atoms with Gasteiger partial charge in [-0.05, 0) is 43.4 Å². The van der Waals surface area contributed by atoms with Crippen LogP contribution in [-0.4, -0.2) is 48.6 Å². The Kier molecular flexibility index (Phi) is 4.66. The highest BCUT2D eigenvalue weighted by atomic mass is 16.2. The Hall–Kier alpha value is -2.60. The molecule has 0 unspecified atom stereocenters. The summed E-state index contributed by atoms with van der Waals surface area (Å²) in [5.74, 6) is -0.386. The highest BCUT2D eigenvalue weighted by Gasteiger charge is 2.15. The lowest BCUT2D eigenvalue weighted by molar-refractivity contribution is 0.102. The molecule has 2 heterocycles. The van der Waals surface area contributed by atoms with Crippen LogP contribution in [0.1, 0.15) is 10.4 Å². The van der Waals surface area contributed by atoms with Crippen LogP contribution in [0.25, 0.3) is 0 Å². The summed E-state index contributed by atoms with van der Waals surface area (Å²) in [7, 11) is 3.76. The lowest BCUT2D eigenvalue weighted by atomic mass is 10.2. The smallest absolute Gasteiger partial charge is 0.263 e. The van der Waals surface area contributed by atoms with Crippen molar-refractivity contribution in [1.29, 1.82) is 0 Å². The molecule has 1 aromatic carbocycles. The molecule has 0 radical (unpaired) electrons. The second kappa shape index (κ2) is 6.88. The lowest BCUT2D eigenvalue weighted by Gasteiger charge is -2.34. The number of aromatic nitrogens is 1. The van der Waals surface area contributed by atoms with Crippen molar-refractivity contribution in [2.45, 2.75) is 0 Å². The van der Waals surface area contributed by atoms with Gasteiger partial charge in [0.25, 0.3) is 11.5 Å². The number of carbonyl (C=O) groups excluding carboxylic acids is 1. The molecule has 24 heavy (non-hydrogen) atoms. The molecular formula is C18H22N4O2. The monoisotopic (exact) mass is 326 g/mol. The average Bonchev–Trinajstić information content (AvgIpc) is 2.59. The molecule has 6 heteroatoms. The predicted octanol–water partition coefficient (Wildman–Crippen LogP) is 1.39. The maximum Gasteiger partial charge on any atom is 0.263 e. The number of piperazine rings is 1. The number of benzene rings is 1. The minimum absolute atomic E-state index is 0.142. The van der Waals surface area contributed by atoms with E-state index in [0.29, 0.717) is 5.69 Å². The molecule has 1 saturated heterocycles. The van der Waals surface area contributed by atoms with Crippen molar-refractivity contribution in [3.63, 3.8) is 0 Å². The minimum Gasteiger partial charge on any atom is -0.369 e. The van der Waals surface area contributed by atoms with Gasteiger partial charge in [0, 0.05) is 50.8 Å². The third-order valence-corrected chi connectivity index (χ3v) is 4.36. The fraction of sp³-hybridized carbons (Fsp3) is 0.333. The van der Waals surface area contributed by atoms with Crippen molar-refractivity contribution in [3.8, 4) is 0 Å². The quantitative estimate of drug-likeness (QED) is 0.926. The maximum absolute atomic E-state index is 12.3. The van der Waals surface area contributed by atoms with Crippen LogP contribution in [0.2, 0.25) is 0 Å². The van der Waals surface area contributed by atoms with Crippen molar-refractivity contribution in [2.75, 3.05) is 43.4 Å². The zero-order valence-corrected chi connectivity index (χ0v) is 14.0. The summed E-state index contributed by atoms with van der Waals surface area (Å²) in [6.45, 7) is 4.11. The SMILES string of the molecule is CN1CCN(c2ccc(NC(=O)c3cccn(C)c3=O)cc2)CC1. The molecule has 1 aliphatic heterocycles. The number of anilines is 2. The number of nitrogens with one attached hydrogen (secondary N) is 1. The Morgan fingerprint density at radius 2 is 1.67 bits per heavy atom. The van der Waals surface area contributed by atoms with Gasteiger partial charge in [-0.3, -0.25) is 9.59 Å². The number of hydrogen-bond acceptors (Lipinski definition) is 4. The van der Waals surface area contributed by atoms with Crippen LogP contribution in [0, 0.1) is 0 Å². The molecule has 1 aliphatic rings. The predicted molar refractivity (Wildman–Crippen MR) is 95.8 cm³/mol. The van der Waals surface area contributed by atoms with E-state index in [1.807, 2.05) is 24.3 Å². The van der Waals surface area contributed by atoms with Gasteiger partial charge in [0.05, 0.1) is 0 Å². The first-order valence-electron chi connectivity index (χ1n) is 8.05. The second-order valence-corrected chi connectivity index (χ2v) is 6.13. The van der Waals surface area contributed by atoms with Crippen molar-refractivity contribution < 1.29 is 4.79 Å². The Bertz CT molecular complexity index is 774. The first-order chi connectivity index (χ1) is 11.5. The molecule has 0 spiro atoms. The van der Waals surface area contributed by atoms with Crippen molar-refractivity contribution in [3.05, 3.63) is 58.5 Å². The Morgan fingerprint density at radius 3 is 2.33 bits per heavy atom. The first-order valence-corrected chi connectivity index (χ1v) is 8.05. The standard InChI is InChI=1S/C18H22N4O2/c1-20-10-12-22(13-11-20)15-7-5-14(6-8-15)19-17(23)16-4-3-9-21(2)18(16)24/h3-9H,10-13H2,1-2H3,(H,19,23). The van der Waals surface area contributed by atoms with Gasteiger partial charge in [0.1, 0.15) is 5.56 Å². The molecule has 1 fully saturated rings. The third kappa shape index (κ3) is 3.49. The van der Waals surface area contributed by atoms with E-state index in [1.54, 1.807) is 19.3 Å². The van der Waals surface area contributed by atoms with Gasteiger partial charge in [-0.25, -0.2) is 0 Å². The maximum atomic E-state index is 12.3. The van der Waals surface area contributed by atoms with E-state index >= 15 is 0 Å². The summed E-state index contributed by atoms with van der Waals surface area (Å²) >= 11 is 0. The molecule has 126 valence electrons. The number of nitrogens with zero attached hydrogens (tertiary/aromatic N) is 3. The Labute approximate surface area is 141 Å². The summed E-state index contributed by atoms with van der Waals surface area (Å²) in [5, 5.41) is 2.78. The number of carbonyl (C=O) groups is 1. The Balaban J connectivity index is 1.69. The zero-order chi connectivity index (χ0) is 17.1. The third-order valence-electron chi connectivity index (χ3n) is 4.36. The van der Waals surface area contributed by atoms with Crippen LogP contribution in [0.3, 0.4) is 0 Å². The zero-order valence-electron chi connectivity index (χ0n) is 14.0. The Morgan fingerprint density at radius 1 is 1.00 bits per heavy atom. The van der Waals surface area contributed by atoms with E-state index < -0.39 is 0 Å². The summed E-state index contributed by atoms with van der Waals surface area (Å²) < 4.78 is 1.39. The molecule has 0 atom stereocenters. The van der Waals surface area contributed by atoms with Crippen molar-refractivity contribution in [1.82, 2.24) is 9.47 Å². The van der Waals surface area contributed by atoms with Crippen LogP contribution in [0.4, 0.5) is 11.4 Å². The largest absolute Gasteiger partial charge is 0.369 e. The molecule has 2 aromatic rings. The molecular weight excluding hydrogens is 304 g/mol. The lowest BCUT2D eigenvalue weighted by Crippen LogP contribution is -2.44. The van der Waals surface area contributed by atoms with Crippen LogP contribution < -0.4 is 15.8 Å². The van der Waals surface area contributed by atoms with E-state index in [9.17, 15) is 9.59 Å². The van der Waals surface area contributed by atoms with Gasteiger partial charge in [0.2, 0.25) is 0 Å². The van der Waals surface area contributed by atoms with Crippen LogP contribution in [0.15, 0.2) is 47.4 Å². The normalized spacial score (nSPS) is 15.3. The molecule has 1 N–H and O–H groups in total. The highest BCUT2D eigenvalue weighted by molar-refractivity contribution is 6.04. The van der Waals surface area contributed by atoms with E-state index in [1.165, 1.54) is 10.6 Å². The summed E-state index contributed by atoms with van der Waals surface area (Å²) in [4.78, 5) is 28.9. The summed E-state index contributed by atoms with van der Waals surface area (Å²) in [5.41, 5.74) is 1.67. The summed E-state index contributed by atoms with van der Waals surface area (Å²) in [6, 6.07) is 11.0. The van der Waals surface area contributed by atoms with E-state index in [0.717, 1.165) is 31.9 Å². The number of pyridine rings is 1. The van der Waals surface area contributed by atoms with E-state index in [4.69, 9.17) is 0 Å². The second-order valence-electron chi connectivity index (χ2n) is 6.13. The summed E-state index contributed by atoms with van der Waals surface area (Å²) in [6.07, 6.45) is 1.63. The molecule has 1 amide bonds. The number of aryl methyl sites for hydroxylation is 1. The molecule has 3 rings (SSSR count). The topological polar surface area (TPSA) is 57.6 Å². The van der Waals surface area contributed by atoms with E-state index in [2.05, 4.69) is 22.2 Å². The van der Waals surface area contributed by atoms with Crippen LogP contribution in [-0.2, 0) is 7.05 Å². The van der Waals surface area contributed by atoms with Gasteiger partial charge in [-0.2, -0.15) is 0 Å². The molecule has 0 saturated carbocycles. The van der Waals surface area contributed by atoms with Gasteiger partial charge in [-0.1, -0.05) is 0 Å². The molecule has 0 bridgehead atoms. The minimum atomic E-state index is -0.386. The van der Waals surface area contributed by atoms with Gasteiger partial charge in [0.15, 0.2) is 0 Å². The number of likely N-dealkylation sites (N-methyl/N-ethyl adjacent to an activating group) is 1. The molecule has 1 aromatic heterocycles. The van der Waals surface area contributed by atoms with Crippen LogP contribution in [0.5, 0.6) is 0 Å². The van der Waals surface area contributed by atoms with Gasteiger partial charge in [-0.15, -0.1) is 0 Å². The van der Waals surface area contributed by atoms with Gasteiger partial charge >= 0.3 is 0 Å². The fourth-order valence-electron chi connectivity index (χ4n) is 2.79.